The van der Waals surface area contributed by atoms with E-state index in [1.54, 1.807) is 0 Å². The van der Waals surface area contributed by atoms with Crippen LogP contribution in [0.5, 0.6) is 0 Å². The van der Waals surface area contributed by atoms with E-state index in [-0.39, 0.29) is 35.9 Å². The van der Waals surface area contributed by atoms with Crippen molar-refractivity contribution in [1.29, 1.82) is 0 Å². The summed E-state index contributed by atoms with van der Waals surface area (Å²) in [7, 11) is 0. The molecule has 160 valence electrons. The number of nitrogens with two attached hydrogens (primary N) is 1. The molecule has 1 aromatic rings. The molecule has 2 heterocycles. The van der Waals surface area contributed by atoms with Gasteiger partial charge in [0.05, 0.1) is 11.6 Å². The summed E-state index contributed by atoms with van der Waals surface area (Å²) in [6.45, 7) is 5.45. The molecule has 1 aliphatic carbocycles. The van der Waals surface area contributed by atoms with Gasteiger partial charge in [-0.25, -0.2) is 4.39 Å². The smallest absolute Gasteiger partial charge is 0.245 e. The monoisotopic (exact) mass is 412 g/mol. The first-order valence-electron chi connectivity index (χ1n) is 10.6. The van der Waals surface area contributed by atoms with Crippen molar-refractivity contribution in [3.8, 4) is 0 Å². The quantitative estimate of drug-likeness (QED) is 0.692. The average molecular weight is 413 g/mol. The first-order chi connectivity index (χ1) is 14.4. The Morgan fingerprint density at radius 2 is 2.10 bits per heavy atom. The number of halogens is 1. The fraction of sp³-hybridized carbons (Fsp3) is 0.478. The lowest BCUT2D eigenvalue weighted by atomic mass is 9.74. The molecule has 2 fully saturated rings. The summed E-state index contributed by atoms with van der Waals surface area (Å²) in [6.07, 6.45) is 2.35. The summed E-state index contributed by atoms with van der Waals surface area (Å²) >= 11 is 0. The van der Waals surface area contributed by atoms with Crippen LogP contribution < -0.4 is 16.4 Å². The molecule has 7 heteroatoms. The number of nitrogens with zero attached hydrogens (tertiary/aromatic N) is 1. The second-order valence-electron chi connectivity index (χ2n) is 8.57. The molecule has 2 amide bonds. The van der Waals surface area contributed by atoms with E-state index < -0.39 is 11.5 Å². The fourth-order valence-electron chi connectivity index (χ4n) is 5.28. The largest absolute Gasteiger partial charge is 0.384 e. The predicted molar refractivity (Wildman–Crippen MR) is 113 cm³/mol. The molecule has 0 radical (unpaired) electrons. The molecule has 2 aliphatic heterocycles. The zero-order valence-electron chi connectivity index (χ0n) is 17.5. The average Bonchev–Trinajstić information content (AvgIpc) is 3.00. The summed E-state index contributed by atoms with van der Waals surface area (Å²) < 4.78 is 14.5. The summed E-state index contributed by atoms with van der Waals surface area (Å²) in [5.41, 5.74) is 7.32. The molecule has 4 rings (SSSR count). The maximum absolute atomic E-state index is 14.5. The van der Waals surface area contributed by atoms with Crippen LogP contribution in [0.2, 0.25) is 0 Å². The first kappa shape index (κ1) is 20.6. The number of fused-ring (bicyclic) bond motifs is 1. The molecule has 4 N–H and O–H groups in total. The molecule has 1 unspecified atom stereocenters. The Hall–Kier alpha value is -2.67. The molecule has 0 aromatic heterocycles. The van der Waals surface area contributed by atoms with Gasteiger partial charge in [-0.1, -0.05) is 30.3 Å². The lowest BCUT2D eigenvalue weighted by Gasteiger charge is -2.46. The van der Waals surface area contributed by atoms with Crippen molar-refractivity contribution in [2.75, 3.05) is 19.6 Å². The number of nitrogens with one attached hydrogen (secondary N) is 2. The highest BCUT2D eigenvalue weighted by Gasteiger charge is 2.56. The third-order valence-electron chi connectivity index (χ3n) is 6.96. The van der Waals surface area contributed by atoms with Gasteiger partial charge in [-0.3, -0.25) is 14.5 Å². The maximum atomic E-state index is 14.5. The molecule has 0 saturated carbocycles. The van der Waals surface area contributed by atoms with Crippen LogP contribution in [0.1, 0.15) is 38.2 Å². The molecule has 0 bridgehead atoms. The van der Waals surface area contributed by atoms with Crippen LogP contribution in [-0.4, -0.2) is 41.9 Å². The maximum Gasteiger partial charge on any atom is 0.245 e. The number of amides is 2. The van der Waals surface area contributed by atoms with Crippen molar-refractivity contribution >= 4 is 11.8 Å². The highest BCUT2D eigenvalue weighted by atomic mass is 19.1. The fourth-order valence-corrected chi connectivity index (χ4v) is 5.28. The van der Waals surface area contributed by atoms with Gasteiger partial charge in [-0.05, 0) is 44.4 Å². The predicted octanol–water partition coefficient (Wildman–Crippen LogP) is 2.16. The van der Waals surface area contributed by atoms with Crippen molar-refractivity contribution in [3.63, 3.8) is 0 Å². The van der Waals surface area contributed by atoms with Crippen LogP contribution in [0, 0.1) is 11.8 Å². The van der Waals surface area contributed by atoms with Crippen molar-refractivity contribution in [2.24, 2.45) is 17.6 Å². The Kier molecular flexibility index (Phi) is 5.40. The van der Waals surface area contributed by atoms with Crippen LogP contribution in [-0.2, 0) is 9.59 Å². The third-order valence-corrected chi connectivity index (χ3v) is 6.96. The number of hydrogen-bond donors (Lipinski definition) is 3. The first-order valence-corrected chi connectivity index (χ1v) is 10.6. The van der Waals surface area contributed by atoms with Gasteiger partial charge < -0.3 is 16.4 Å². The molecule has 1 aromatic carbocycles. The normalized spacial score (nSPS) is 31.8. The zero-order valence-corrected chi connectivity index (χ0v) is 17.5. The SMILES string of the molecule is CCNC1=C2NC(=O)[C@](C)(N3CC[C@@H](c4ccccc4)[C@@H](C(N)=O)C3)C2CC(F)=C1. The number of hydrogen-bond acceptors (Lipinski definition) is 4. The van der Waals surface area contributed by atoms with E-state index in [1.165, 1.54) is 6.08 Å². The van der Waals surface area contributed by atoms with Crippen LogP contribution in [0.15, 0.2) is 53.6 Å². The number of likely N-dealkylation sites (tertiary alicyclic amines) is 1. The van der Waals surface area contributed by atoms with Crippen LogP contribution in [0.4, 0.5) is 4.39 Å². The Morgan fingerprint density at radius 1 is 1.37 bits per heavy atom. The Bertz CT molecular complexity index is 913. The zero-order chi connectivity index (χ0) is 21.5. The van der Waals surface area contributed by atoms with Gasteiger partial charge in [-0.2, -0.15) is 0 Å². The van der Waals surface area contributed by atoms with Gasteiger partial charge >= 0.3 is 0 Å². The van der Waals surface area contributed by atoms with Gasteiger partial charge in [0.15, 0.2) is 0 Å². The number of benzene rings is 1. The van der Waals surface area contributed by atoms with Gasteiger partial charge in [0.25, 0.3) is 0 Å². The number of primary amides is 1. The van der Waals surface area contributed by atoms with Crippen molar-refractivity contribution in [2.45, 2.75) is 38.1 Å². The third kappa shape index (κ3) is 3.31. The molecule has 2 saturated heterocycles. The lowest BCUT2D eigenvalue weighted by molar-refractivity contribution is -0.135. The van der Waals surface area contributed by atoms with E-state index in [0.717, 1.165) is 11.3 Å². The van der Waals surface area contributed by atoms with E-state index in [1.807, 2.05) is 49.1 Å². The summed E-state index contributed by atoms with van der Waals surface area (Å²) in [4.78, 5) is 27.6. The van der Waals surface area contributed by atoms with E-state index in [9.17, 15) is 14.0 Å². The number of piperidine rings is 1. The summed E-state index contributed by atoms with van der Waals surface area (Å²) in [6, 6.07) is 9.91. The number of rotatable bonds is 5. The number of likely N-dealkylation sites (N-methyl/N-ethyl adjacent to an activating group) is 1. The van der Waals surface area contributed by atoms with Crippen molar-refractivity contribution in [3.05, 3.63) is 59.2 Å². The Morgan fingerprint density at radius 3 is 2.77 bits per heavy atom. The van der Waals surface area contributed by atoms with E-state index in [4.69, 9.17) is 5.73 Å². The number of allylic oxidation sites excluding steroid dienone is 2. The van der Waals surface area contributed by atoms with Crippen molar-refractivity contribution in [1.82, 2.24) is 15.5 Å². The number of carbonyl (C=O) groups excluding carboxylic acids is 2. The summed E-state index contributed by atoms with van der Waals surface area (Å²) in [5.74, 6) is -1.48. The molecular formula is C23H29FN4O2. The van der Waals surface area contributed by atoms with Gasteiger partial charge in [0, 0.05) is 31.1 Å². The highest BCUT2D eigenvalue weighted by Crippen LogP contribution is 2.46. The minimum Gasteiger partial charge on any atom is -0.384 e. The van der Waals surface area contributed by atoms with Gasteiger partial charge in [-0.15, -0.1) is 0 Å². The lowest BCUT2D eigenvalue weighted by Crippen LogP contribution is -2.60. The minimum atomic E-state index is -0.934. The molecule has 3 aliphatic rings. The topological polar surface area (TPSA) is 87.5 Å². The summed E-state index contributed by atoms with van der Waals surface area (Å²) in [5, 5.41) is 6.15. The second-order valence-corrected chi connectivity index (χ2v) is 8.57. The molecular weight excluding hydrogens is 383 g/mol. The molecule has 0 spiro atoms. The second kappa shape index (κ2) is 7.87. The van der Waals surface area contributed by atoms with E-state index in [0.29, 0.717) is 31.8 Å². The molecule has 4 atom stereocenters. The molecule has 30 heavy (non-hydrogen) atoms. The van der Waals surface area contributed by atoms with E-state index in [2.05, 4.69) is 10.6 Å². The minimum absolute atomic E-state index is 0.0170. The van der Waals surface area contributed by atoms with Crippen LogP contribution in [0.3, 0.4) is 0 Å². The molecule has 6 nitrogen and oxygen atoms in total. The van der Waals surface area contributed by atoms with Gasteiger partial charge in [0.1, 0.15) is 11.4 Å². The Labute approximate surface area is 176 Å². The van der Waals surface area contributed by atoms with E-state index >= 15 is 0 Å². The van der Waals surface area contributed by atoms with Crippen molar-refractivity contribution < 1.29 is 14.0 Å². The number of carbonyl (C=O) groups is 2. The highest BCUT2D eigenvalue weighted by molar-refractivity contribution is 5.92. The standard InChI is InChI=1S/C23H29FN4O2/c1-3-26-19-12-15(24)11-18-20(19)27-22(30)23(18,2)28-10-9-16(17(13-28)21(25)29)14-7-5-4-6-8-14/h4-8,12,16-18,26H,3,9-11,13H2,1-2H3,(H2,25,29)(H,27,30)/t16-,17-,18?,23+/m0/s1. The Balaban J connectivity index is 1.65. The van der Waals surface area contributed by atoms with Crippen LogP contribution >= 0.6 is 0 Å². The van der Waals surface area contributed by atoms with Gasteiger partial charge in [0.2, 0.25) is 11.8 Å². The van der Waals surface area contributed by atoms with Crippen LogP contribution in [0.25, 0.3) is 0 Å².